The highest BCUT2D eigenvalue weighted by atomic mass is 35.5. The summed E-state index contributed by atoms with van der Waals surface area (Å²) in [6.07, 6.45) is 3.47. The van der Waals surface area contributed by atoms with Crippen LogP contribution in [0.25, 0.3) is 0 Å². The van der Waals surface area contributed by atoms with E-state index in [1.165, 1.54) is 12.3 Å². The van der Waals surface area contributed by atoms with Gasteiger partial charge in [-0.1, -0.05) is 11.6 Å². The SMILES string of the molecule is O=C(OCC1CCCO1)c1cc(Cl)ccn1. The van der Waals surface area contributed by atoms with Gasteiger partial charge < -0.3 is 9.47 Å². The van der Waals surface area contributed by atoms with Crippen molar-refractivity contribution in [2.24, 2.45) is 0 Å². The van der Waals surface area contributed by atoms with Crippen LogP contribution >= 0.6 is 11.6 Å². The van der Waals surface area contributed by atoms with E-state index in [9.17, 15) is 4.79 Å². The molecule has 1 aliphatic heterocycles. The molecule has 1 unspecified atom stereocenters. The van der Waals surface area contributed by atoms with Crippen molar-refractivity contribution in [2.75, 3.05) is 13.2 Å². The van der Waals surface area contributed by atoms with Crippen molar-refractivity contribution < 1.29 is 14.3 Å². The zero-order valence-corrected chi connectivity index (χ0v) is 9.44. The van der Waals surface area contributed by atoms with E-state index in [1.54, 1.807) is 6.07 Å². The summed E-state index contributed by atoms with van der Waals surface area (Å²) >= 11 is 5.74. The molecule has 16 heavy (non-hydrogen) atoms. The zero-order valence-electron chi connectivity index (χ0n) is 8.69. The Balaban J connectivity index is 1.87. The number of hydrogen-bond acceptors (Lipinski definition) is 4. The molecule has 1 fully saturated rings. The quantitative estimate of drug-likeness (QED) is 0.761. The number of aromatic nitrogens is 1. The number of hydrogen-bond donors (Lipinski definition) is 0. The second-order valence-electron chi connectivity index (χ2n) is 3.59. The lowest BCUT2D eigenvalue weighted by Gasteiger charge is -2.09. The van der Waals surface area contributed by atoms with Gasteiger partial charge in [-0.25, -0.2) is 9.78 Å². The molecular formula is C11H12ClNO3. The van der Waals surface area contributed by atoms with E-state index in [1.807, 2.05) is 0 Å². The number of carbonyl (C=O) groups excluding carboxylic acids is 1. The summed E-state index contributed by atoms with van der Waals surface area (Å²) in [4.78, 5) is 15.4. The standard InChI is InChI=1S/C11H12ClNO3/c12-8-3-4-13-10(6-8)11(14)16-7-9-2-1-5-15-9/h3-4,6,9H,1-2,5,7H2. The van der Waals surface area contributed by atoms with Gasteiger partial charge in [-0.05, 0) is 25.0 Å². The Labute approximate surface area is 98.5 Å². The molecule has 1 atom stereocenters. The number of pyridine rings is 1. The molecule has 0 radical (unpaired) electrons. The second kappa shape index (κ2) is 5.27. The van der Waals surface area contributed by atoms with Crippen LogP contribution in [-0.2, 0) is 9.47 Å². The van der Waals surface area contributed by atoms with E-state index < -0.39 is 5.97 Å². The molecular weight excluding hydrogens is 230 g/mol. The van der Waals surface area contributed by atoms with E-state index >= 15 is 0 Å². The summed E-state index contributed by atoms with van der Waals surface area (Å²) in [6.45, 7) is 1.03. The third-order valence-corrected chi connectivity index (χ3v) is 2.59. The number of halogens is 1. The lowest BCUT2D eigenvalue weighted by atomic mass is 10.2. The van der Waals surface area contributed by atoms with Crippen LogP contribution in [0.4, 0.5) is 0 Å². The number of rotatable bonds is 3. The van der Waals surface area contributed by atoms with Crippen LogP contribution in [0.3, 0.4) is 0 Å². The summed E-state index contributed by atoms with van der Waals surface area (Å²) in [5.41, 5.74) is 0.227. The summed E-state index contributed by atoms with van der Waals surface area (Å²) in [5.74, 6) is -0.460. The van der Waals surface area contributed by atoms with Crippen molar-refractivity contribution in [3.05, 3.63) is 29.0 Å². The Morgan fingerprint density at radius 3 is 3.25 bits per heavy atom. The minimum absolute atomic E-state index is 0.0307. The van der Waals surface area contributed by atoms with Gasteiger partial charge in [0, 0.05) is 17.8 Å². The van der Waals surface area contributed by atoms with Crippen molar-refractivity contribution in [3.8, 4) is 0 Å². The molecule has 0 N–H and O–H groups in total. The molecule has 0 saturated carbocycles. The van der Waals surface area contributed by atoms with E-state index in [-0.39, 0.29) is 18.4 Å². The van der Waals surface area contributed by atoms with Crippen LogP contribution in [0.2, 0.25) is 5.02 Å². The average molecular weight is 242 g/mol. The van der Waals surface area contributed by atoms with Crippen LogP contribution in [0.15, 0.2) is 18.3 Å². The van der Waals surface area contributed by atoms with Gasteiger partial charge in [-0.3, -0.25) is 0 Å². The predicted octanol–water partition coefficient (Wildman–Crippen LogP) is 2.07. The molecule has 86 valence electrons. The maximum atomic E-state index is 11.6. The number of esters is 1. The first-order valence-corrected chi connectivity index (χ1v) is 5.54. The van der Waals surface area contributed by atoms with Gasteiger partial charge in [-0.2, -0.15) is 0 Å². The van der Waals surface area contributed by atoms with Gasteiger partial charge in [0.1, 0.15) is 12.3 Å². The lowest BCUT2D eigenvalue weighted by molar-refractivity contribution is 0.0156. The molecule has 0 amide bonds. The van der Waals surface area contributed by atoms with Gasteiger partial charge in [0.25, 0.3) is 0 Å². The van der Waals surface area contributed by atoms with Crippen molar-refractivity contribution >= 4 is 17.6 Å². The maximum Gasteiger partial charge on any atom is 0.357 e. The fourth-order valence-electron chi connectivity index (χ4n) is 1.53. The van der Waals surface area contributed by atoms with E-state index in [0.29, 0.717) is 5.02 Å². The maximum absolute atomic E-state index is 11.6. The lowest BCUT2D eigenvalue weighted by Crippen LogP contribution is -2.18. The molecule has 1 aliphatic rings. The van der Waals surface area contributed by atoms with Crippen molar-refractivity contribution in [2.45, 2.75) is 18.9 Å². The highest BCUT2D eigenvalue weighted by Gasteiger charge is 2.18. The summed E-state index contributed by atoms with van der Waals surface area (Å²) < 4.78 is 10.4. The molecule has 0 bridgehead atoms. The Bertz CT molecular complexity index is 377. The van der Waals surface area contributed by atoms with Gasteiger partial charge in [0.15, 0.2) is 0 Å². The number of ether oxygens (including phenoxy) is 2. The molecule has 2 heterocycles. The Hall–Kier alpha value is -1.13. The minimum atomic E-state index is -0.460. The predicted molar refractivity (Wildman–Crippen MR) is 58.5 cm³/mol. The molecule has 1 aromatic heterocycles. The van der Waals surface area contributed by atoms with Crippen LogP contribution in [0.5, 0.6) is 0 Å². The fourth-order valence-corrected chi connectivity index (χ4v) is 1.69. The largest absolute Gasteiger partial charge is 0.458 e. The third kappa shape index (κ3) is 2.93. The van der Waals surface area contributed by atoms with E-state index in [2.05, 4.69) is 4.98 Å². The van der Waals surface area contributed by atoms with Crippen LogP contribution < -0.4 is 0 Å². The van der Waals surface area contributed by atoms with Crippen molar-refractivity contribution in [1.82, 2.24) is 4.98 Å². The van der Waals surface area contributed by atoms with E-state index in [0.717, 1.165) is 19.4 Å². The van der Waals surface area contributed by atoms with Gasteiger partial charge in [0.05, 0.1) is 6.10 Å². The van der Waals surface area contributed by atoms with Crippen molar-refractivity contribution in [1.29, 1.82) is 0 Å². The van der Waals surface area contributed by atoms with Gasteiger partial charge >= 0.3 is 5.97 Å². The second-order valence-corrected chi connectivity index (χ2v) is 4.03. The summed E-state index contributed by atoms with van der Waals surface area (Å²) in [7, 11) is 0. The van der Waals surface area contributed by atoms with Crippen LogP contribution in [0.1, 0.15) is 23.3 Å². The molecule has 0 spiro atoms. The first-order valence-electron chi connectivity index (χ1n) is 5.16. The third-order valence-electron chi connectivity index (χ3n) is 2.36. The highest BCUT2D eigenvalue weighted by molar-refractivity contribution is 6.30. The zero-order chi connectivity index (χ0) is 11.4. The topological polar surface area (TPSA) is 48.4 Å². The van der Waals surface area contributed by atoms with Crippen LogP contribution in [-0.4, -0.2) is 30.3 Å². The number of nitrogens with zero attached hydrogens (tertiary/aromatic N) is 1. The monoisotopic (exact) mass is 241 g/mol. The van der Waals surface area contributed by atoms with Gasteiger partial charge in [-0.15, -0.1) is 0 Å². The highest BCUT2D eigenvalue weighted by Crippen LogP contribution is 2.13. The summed E-state index contributed by atoms with van der Waals surface area (Å²) in [5, 5.41) is 0.471. The Morgan fingerprint density at radius 2 is 2.56 bits per heavy atom. The Morgan fingerprint density at radius 1 is 1.69 bits per heavy atom. The molecule has 1 aromatic rings. The smallest absolute Gasteiger partial charge is 0.357 e. The van der Waals surface area contributed by atoms with Crippen molar-refractivity contribution in [3.63, 3.8) is 0 Å². The molecule has 2 rings (SSSR count). The first-order chi connectivity index (χ1) is 7.75. The molecule has 5 heteroatoms. The molecule has 1 saturated heterocycles. The molecule has 4 nitrogen and oxygen atoms in total. The Kier molecular flexibility index (Phi) is 3.74. The molecule has 0 aromatic carbocycles. The van der Waals surface area contributed by atoms with E-state index in [4.69, 9.17) is 21.1 Å². The molecule has 0 aliphatic carbocycles. The summed E-state index contributed by atoms with van der Waals surface area (Å²) in [6, 6.07) is 3.10. The normalized spacial score (nSPS) is 19.7. The van der Waals surface area contributed by atoms with Gasteiger partial charge in [0.2, 0.25) is 0 Å². The number of carbonyl (C=O) groups is 1. The average Bonchev–Trinajstić information content (AvgIpc) is 2.78. The first kappa shape index (κ1) is 11.4. The fraction of sp³-hybridized carbons (Fsp3) is 0.455. The minimum Gasteiger partial charge on any atom is -0.458 e. The van der Waals surface area contributed by atoms with Crippen LogP contribution in [0, 0.1) is 0 Å².